The monoisotopic (exact) mass is 225 g/mol. The standard InChI is InChI=1S/C10H15N3OS/c1-2-9-11-10(15-12-9)13-5-3-8(7-14)4-6-13/h7-8H,2-6H2,1H3. The molecule has 0 spiro atoms. The van der Waals surface area contributed by atoms with Crippen LogP contribution in [-0.4, -0.2) is 28.7 Å². The molecule has 0 radical (unpaired) electrons. The van der Waals surface area contributed by atoms with E-state index in [0.29, 0.717) is 0 Å². The first-order chi connectivity index (χ1) is 7.33. The van der Waals surface area contributed by atoms with Crippen molar-refractivity contribution in [2.75, 3.05) is 18.0 Å². The van der Waals surface area contributed by atoms with Crippen LogP contribution in [0.4, 0.5) is 5.13 Å². The number of aromatic nitrogens is 2. The van der Waals surface area contributed by atoms with Crippen LogP contribution in [0.25, 0.3) is 0 Å². The highest BCUT2D eigenvalue weighted by molar-refractivity contribution is 7.09. The van der Waals surface area contributed by atoms with Crippen LogP contribution in [0.15, 0.2) is 0 Å². The van der Waals surface area contributed by atoms with E-state index in [0.717, 1.165) is 49.6 Å². The second-order valence-corrected chi connectivity index (χ2v) is 4.54. The summed E-state index contributed by atoms with van der Waals surface area (Å²) >= 11 is 1.47. The third-order valence-electron chi connectivity index (χ3n) is 2.78. The second-order valence-electron chi connectivity index (χ2n) is 3.81. The van der Waals surface area contributed by atoms with E-state index < -0.39 is 0 Å². The number of rotatable bonds is 3. The molecule has 1 fully saturated rings. The molecule has 4 nitrogen and oxygen atoms in total. The molecule has 0 aliphatic carbocycles. The van der Waals surface area contributed by atoms with Crippen molar-refractivity contribution in [1.82, 2.24) is 9.36 Å². The molecule has 1 aromatic rings. The third-order valence-corrected chi connectivity index (χ3v) is 3.59. The molecular weight excluding hydrogens is 210 g/mol. The van der Waals surface area contributed by atoms with Gasteiger partial charge >= 0.3 is 0 Å². The lowest BCUT2D eigenvalue weighted by molar-refractivity contribution is -0.111. The summed E-state index contributed by atoms with van der Waals surface area (Å²) in [7, 11) is 0. The van der Waals surface area contributed by atoms with Crippen molar-refractivity contribution in [3.8, 4) is 0 Å². The fourth-order valence-electron chi connectivity index (χ4n) is 1.74. The van der Waals surface area contributed by atoms with E-state index in [2.05, 4.69) is 21.2 Å². The molecule has 2 rings (SSSR count). The van der Waals surface area contributed by atoms with Crippen molar-refractivity contribution in [3.63, 3.8) is 0 Å². The lowest BCUT2D eigenvalue weighted by Crippen LogP contribution is -2.33. The van der Waals surface area contributed by atoms with E-state index in [-0.39, 0.29) is 5.92 Å². The third kappa shape index (κ3) is 2.34. The number of nitrogens with zero attached hydrogens (tertiary/aromatic N) is 3. The first-order valence-electron chi connectivity index (χ1n) is 5.36. The first-order valence-corrected chi connectivity index (χ1v) is 6.13. The minimum absolute atomic E-state index is 0.250. The minimum atomic E-state index is 0.250. The number of aryl methyl sites for hydroxylation is 1. The smallest absolute Gasteiger partial charge is 0.205 e. The maximum Gasteiger partial charge on any atom is 0.205 e. The van der Waals surface area contributed by atoms with Crippen LogP contribution in [0.5, 0.6) is 0 Å². The van der Waals surface area contributed by atoms with Gasteiger partial charge in [0.05, 0.1) is 0 Å². The largest absolute Gasteiger partial charge is 0.347 e. The van der Waals surface area contributed by atoms with Crippen molar-refractivity contribution in [2.24, 2.45) is 5.92 Å². The summed E-state index contributed by atoms with van der Waals surface area (Å²) in [6.45, 7) is 3.92. The maximum absolute atomic E-state index is 10.6. The summed E-state index contributed by atoms with van der Waals surface area (Å²) in [6.07, 6.45) is 3.87. The number of carbonyl (C=O) groups is 1. The Morgan fingerprint density at radius 2 is 2.27 bits per heavy atom. The first kappa shape index (κ1) is 10.5. The quantitative estimate of drug-likeness (QED) is 0.732. The molecule has 1 aliphatic rings. The molecule has 2 heterocycles. The van der Waals surface area contributed by atoms with E-state index in [9.17, 15) is 4.79 Å². The van der Waals surface area contributed by atoms with Crippen molar-refractivity contribution in [3.05, 3.63) is 5.82 Å². The van der Waals surface area contributed by atoms with E-state index in [1.165, 1.54) is 11.5 Å². The number of piperidine rings is 1. The summed E-state index contributed by atoms with van der Waals surface area (Å²) in [4.78, 5) is 17.3. The molecule has 0 atom stereocenters. The number of carbonyl (C=O) groups excluding carboxylic acids is 1. The van der Waals surface area contributed by atoms with Gasteiger partial charge in [-0.3, -0.25) is 0 Å². The van der Waals surface area contributed by atoms with Crippen LogP contribution in [0.2, 0.25) is 0 Å². The zero-order valence-electron chi connectivity index (χ0n) is 8.85. The molecular formula is C10H15N3OS. The van der Waals surface area contributed by atoms with Crippen molar-refractivity contribution >= 4 is 23.0 Å². The summed E-state index contributed by atoms with van der Waals surface area (Å²) < 4.78 is 4.27. The zero-order valence-corrected chi connectivity index (χ0v) is 9.66. The van der Waals surface area contributed by atoms with Crippen molar-refractivity contribution in [2.45, 2.75) is 26.2 Å². The van der Waals surface area contributed by atoms with Gasteiger partial charge in [0.15, 0.2) is 0 Å². The van der Waals surface area contributed by atoms with E-state index in [1.54, 1.807) is 0 Å². The van der Waals surface area contributed by atoms with Gasteiger partial charge in [0.25, 0.3) is 0 Å². The summed E-state index contributed by atoms with van der Waals surface area (Å²) in [5.41, 5.74) is 0. The second kappa shape index (κ2) is 4.70. The van der Waals surface area contributed by atoms with Crippen LogP contribution >= 0.6 is 11.5 Å². The number of hydrogen-bond donors (Lipinski definition) is 0. The highest BCUT2D eigenvalue weighted by Gasteiger charge is 2.20. The molecule has 1 aromatic heterocycles. The molecule has 1 aliphatic heterocycles. The van der Waals surface area contributed by atoms with Crippen LogP contribution in [-0.2, 0) is 11.2 Å². The van der Waals surface area contributed by atoms with Gasteiger partial charge in [-0.2, -0.15) is 4.37 Å². The van der Waals surface area contributed by atoms with Gasteiger partial charge in [0.1, 0.15) is 12.1 Å². The highest BCUT2D eigenvalue weighted by Crippen LogP contribution is 2.23. The van der Waals surface area contributed by atoms with Gasteiger partial charge in [-0.15, -0.1) is 0 Å². The van der Waals surface area contributed by atoms with Crippen LogP contribution in [0.3, 0.4) is 0 Å². The van der Waals surface area contributed by atoms with Crippen LogP contribution < -0.4 is 4.90 Å². The maximum atomic E-state index is 10.6. The predicted molar refractivity (Wildman–Crippen MR) is 60.3 cm³/mol. The Balaban J connectivity index is 1.97. The molecule has 15 heavy (non-hydrogen) atoms. The topological polar surface area (TPSA) is 46.1 Å². The molecule has 0 N–H and O–H groups in total. The SMILES string of the molecule is CCc1nsc(N2CCC(C=O)CC2)n1. The van der Waals surface area contributed by atoms with Gasteiger partial charge in [-0.25, -0.2) is 4.98 Å². The van der Waals surface area contributed by atoms with Gasteiger partial charge < -0.3 is 9.69 Å². The normalized spacial score (nSPS) is 18.1. The summed E-state index contributed by atoms with van der Waals surface area (Å²) in [5, 5.41) is 1.01. The molecule has 0 saturated carbocycles. The van der Waals surface area contributed by atoms with Crippen LogP contribution in [0.1, 0.15) is 25.6 Å². The Labute approximate surface area is 93.5 Å². The lowest BCUT2D eigenvalue weighted by atomic mass is 9.99. The predicted octanol–water partition coefficient (Wildman–Crippen LogP) is 1.52. The molecule has 5 heteroatoms. The van der Waals surface area contributed by atoms with Gasteiger partial charge in [-0.1, -0.05) is 6.92 Å². The molecule has 0 unspecified atom stereocenters. The average Bonchev–Trinajstić information content (AvgIpc) is 2.78. The van der Waals surface area contributed by atoms with E-state index in [1.807, 2.05) is 0 Å². The minimum Gasteiger partial charge on any atom is -0.347 e. The Kier molecular flexibility index (Phi) is 3.30. The molecule has 1 saturated heterocycles. The van der Waals surface area contributed by atoms with Gasteiger partial charge in [0.2, 0.25) is 5.13 Å². The lowest BCUT2D eigenvalue weighted by Gasteiger charge is -2.28. The zero-order chi connectivity index (χ0) is 10.7. The number of anilines is 1. The van der Waals surface area contributed by atoms with Crippen molar-refractivity contribution in [1.29, 1.82) is 0 Å². The van der Waals surface area contributed by atoms with Gasteiger partial charge in [-0.05, 0) is 12.8 Å². The van der Waals surface area contributed by atoms with E-state index >= 15 is 0 Å². The Morgan fingerprint density at radius 1 is 1.53 bits per heavy atom. The highest BCUT2D eigenvalue weighted by atomic mass is 32.1. The molecule has 0 bridgehead atoms. The molecule has 0 aromatic carbocycles. The Bertz CT molecular complexity index is 331. The average molecular weight is 225 g/mol. The Morgan fingerprint density at radius 3 is 2.80 bits per heavy atom. The molecule has 0 amide bonds. The van der Waals surface area contributed by atoms with E-state index in [4.69, 9.17) is 0 Å². The van der Waals surface area contributed by atoms with Gasteiger partial charge in [0, 0.05) is 37.0 Å². The van der Waals surface area contributed by atoms with Crippen LogP contribution in [0, 0.1) is 5.92 Å². The fraction of sp³-hybridized carbons (Fsp3) is 0.700. The number of hydrogen-bond acceptors (Lipinski definition) is 5. The Hall–Kier alpha value is -0.970. The van der Waals surface area contributed by atoms with Crippen molar-refractivity contribution < 1.29 is 4.79 Å². The summed E-state index contributed by atoms with van der Waals surface area (Å²) in [5.74, 6) is 1.17. The number of aldehydes is 1. The molecule has 82 valence electrons. The summed E-state index contributed by atoms with van der Waals surface area (Å²) in [6, 6.07) is 0. The fourth-order valence-corrected chi connectivity index (χ4v) is 2.54.